The molecule has 0 aromatic carbocycles. The summed E-state index contributed by atoms with van der Waals surface area (Å²) in [5.74, 6) is -0.0724. The van der Waals surface area contributed by atoms with E-state index < -0.39 is 11.7 Å². The van der Waals surface area contributed by atoms with E-state index in [4.69, 9.17) is 4.74 Å². The minimum Gasteiger partial charge on any atom is -0.444 e. The molecular weight excluding hydrogens is 298 g/mol. The SMILES string of the molecule is CC(C)(C)OC(=O)N1CCN(CCNc2ccnnc2)C(=O)C1. The second kappa shape index (κ2) is 7.26. The number of nitrogens with one attached hydrogen (secondary N) is 1. The molecule has 0 aliphatic carbocycles. The lowest BCUT2D eigenvalue weighted by atomic mass is 10.2. The number of carbonyl (C=O) groups is 2. The molecule has 23 heavy (non-hydrogen) atoms. The van der Waals surface area contributed by atoms with Crippen LogP contribution in [0.1, 0.15) is 20.8 Å². The van der Waals surface area contributed by atoms with Crippen molar-refractivity contribution in [2.75, 3.05) is 38.0 Å². The van der Waals surface area contributed by atoms with Gasteiger partial charge in [-0.3, -0.25) is 9.69 Å². The lowest BCUT2D eigenvalue weighted by molar-refractivity contribution is -0.135. The molecule has 0 atom stereocenters. The van der Waals surface area contributed by atoms with Crippen LogP contribution in [-0.2, 0) is 9.53 Å². The maximum atomic E-state index is 12.1. The van der Waals surface area contributed by atoms with Crippen molar-refractivity contribution in [2.45, 2.75) is 26.4 Å². The molecular formula is C15H23N5O3. The summed E-state index contributed by atoms with van der Waals surface area (Å²) in [6.07, 6.45) is 2.79. The van der Waals surface area contributed by atoms with Gasteiger partial charge in [-0.1, -0.05) is 0 Å². The third-order valence-corrected chi connectivity index (χ3v) is 3.27. The van der Waals surface area contributed by atoms with Gasteiger partial charge in [0, 0.05) is 26.2 Å². The molecule has 1 aliphatic heterocycles. The normalized spacial score (nSPS) is 15.5. The average molecular weight is 321 g/mol. The van der Waals surface area contributed by atoms with Crippen molar-refractivity contribution in [3.05, 3.63) is 18.5 Å². The highest BCUT2D eigenvalue weighted by Crippen LogP contribution is 2.12. The van der Waals surface area contributed by atoms with Gasteiger partial charge in [0.25, 0.3) is 0 Å². The third kappa shape index (κ3) is 5.39. The van der Waals surface area contributed by atoms with E-state index in [2.05, 4.69) is 15.5 Å². The number of ether oxygens (including phenoxy) is 1. The van der Waals surface area contributed by atoms with Gasteiger partial charge in [-0.25, -0.2) is 4.79 Å². The lowest BCUT2D eigenvalue weighted by Gasteiger charge is -2.35. The first-order valence-corrected chi connectivity index (χ1v) is 7.61. The molecule has 0 unspecified atom stereocenters. The third-order valence-electron chi connectivity index (χ3n) is 3.27. The molecule has 2 rings (SSSR count). The highest BCUT2D eigenvalue weighted by Gasteiger charge is 2.29. The van der Waals surface area contributed by atoms with Gasteiger partial charge in [-0.05, 0) is 26.8 Å². The van der Waals surface area contributed by atoms with Crippen LogP contribution in [0.15, 0.2) is 18.5 Å². The molecule has 8 heteroatoms. The molecule has 1 N–H and O–H groups in total. The fourth-order valence-corrected chi connectivity index (χ4v) is 2.16. The molecule has 8 nitrogen and oxygen atoms in total. The van der Waals surface area contributed by atoms with Gasteiger partial charge in [0.2, 0.25) is 5.91 Å². The second-order valence-electron chi connectivity index (χ2n) is 6.34. The van der Waals surface area contributed by atoms with Crippen molar-refractivity contribution in [1.29, 1.82) is 0 Å². The fraction of sp³-hybridized carbons (Fsp3) is 0.600. The van der Waals surface area contributed by atoms with Crippen molar-refractivity contribution >= 4 is 17.7 Å². The van der Waals surface area contributed by atoms with Gasteiger partial charge in [-0.15, -0.1) is 0 Å². The van der Waals surface area contributed by atoms with Crippen molar-refractivity contribution in [3.8, 4) is 0 Å². The Morgan fingerprint density at radius 2 is 2.13 bits per heavy atom. The quantitative estimate of drug-likeness (QED) is 0.889. The number of hydrogen-bond donors (Lipinski definition) is 1. The first-order valence-electron chi connectivity index (χ1n) is 7.61. The number of rotatable bonds is 4. The number of anilines is 1. The number of aromatic nitrogens is 2. The Hall–Kier alpha value is -2.38. The van der Waals surface area contributed by atoms with Crippen LogP contribution < -0.4 is 5.32 Å². The van der Waals surface area contributed by atoms with Crippen LogP contribution in [0, 0.1) is 0 Å². The molecule has 1 aromatic rings. The largest absolute Gasteiger partial charge is 0.444 e. The van der Waals surface area contributed by atoms with Gasteiger partial charge in [-0.2, -0.15) is 10.2 Å². The topological polar surface area (TPSA) is 87.7 Å². The van der Waals surface area contributed by atoms with Crippen molar-refractivity contribution in [2.24, 2.45) is 0 Å². The molecule has 1 aromatic heterocycles. The van der Waals surface area contributed by atoms with Crippen LogP contribution in [0.25, 0.3) is 0 Å². The molecule has 1 aliphatic rings. The van der Waals surface area contributed by atoms with Gasteiger partial charge in [0.1, 0.15) is 12.1 Å². The van der Waals surface area contributed by atoms with E-state index in [-0.39, 0.29) is 12.5 Å². The van der Waals surface area contributed by atoms with E-state index in [1.165, 1.54) is 4.90 Å². The highest BCUT2D eigenvalue weighted by atomic mass is 16.6. The van der Waals surface area contributed by atoms with Gasteiger partial charge >= 0.3 is 6.09 Å². The summed E-state index contributed by atoms with van der Waals surface area (Å²) >= 11 is 0. The van der Waals surface area contributed by atoms with E-state index in [1.807, 2.05) is 26.8 Å². The Morgan fingerprint density at radius 3 is 2.74 bits per heavy atom. The second-order valence-corrected chi connectivity index (χ2v) is 6.34. The minimum absolute atomic E-state index is 0.0612. The zero-order valence-electron chi connectivity index (χ0n) is 13.8. The maximum absolute atomic E-state index is 12.1. The molecule has 0 radical (unpaired) electrons. The Balaban J connectivity index is 1.76. The summed E-state index contributed by atoms with van der Waals surface area (Å²) in [6.45, 7) is 7.67. The van der Waals surface area contributed by atoms with Crippen LogP contribution >= 0.6 is 0 Å². The molecule has 126 valence electrons. The first kappa shape index (κ1) is 17.0. The molecule has 2 heterocycles. The van der Waals surface area contributed by atoms with Gasteiger partial charge in [0.05, 0.1) is 18.1 Å². The number of hydrogen-bond acceptors (Lipinski definition) is 6. The van der Waals surface area contributed by atoms with Crippen LogP contribution in [0.2, 0.25) is 0 Å². The summed E-state index contributed by atoms with van der Waals surface area (Å²) in [4.78, 5) is 27.3. The Labute approximate surface area is 135 Å². The number of piperazine rings is 1. The Kier molecular flexibility index (Phi) is 5.36. The summed E-state index contributed by atoms with van der Waals surface area (Å²) < 4.78 is 5.29. The summed E-state index contributed by atoms with van der Waals surface area (Å²) in [5.41, 5.74) is 0.305. The fourth-order valence-electron chi connectivity index (χ4n) is 2.16. The predicted octanol–water partition coefficient (Wildman–Crippen LogP) is 0.968. The molecule has 2 amide bonds. The zero-order valence-corrected chi connectivity index (χ0v) is 13.8. The summed E-state index contributed by atoms with van der Waals surface area (Å²) in [6, 6.07) is 1.81. The van der Waals surface area contributed by atoms with Crippen LogP contribution in [0.5, 0.6) is 0 Å². The Bertz CT molecular complexity index is 544. The van der Waals surface area contributed by atoms with Crippen molar-refractivity contribution in [3.63, 3.8) is 0 Å². The number of amides is 2. The van der Waals surface area contributed by atoms with Crippen LogP contribution in [0.3, 0.4) is 0 Å². The van der Waals surface area contributed by atoms with Gasteiger partial charge < -0.3 is 15.0 Å². The van der Waals surface area contributed by atoms with E-state index in [1.54, 1.807) is 17.3 Å². The molecule has 0 saturated carbocycles. The number of carbonyl (C=O) groups excluding carboxylic acids is 2. The monoisotopic (exact) mass is 321 g/mol. The smallest absolute Gasteiger partial charge is 0.410 e. The van der Waals surface area contributed by atoms with E-state index in [0.29, 0.717) is 26.2 Å². The molecule has 1 saturated heterocycles. The summed E-state index contributed by atoms with van der Waals surface area (Å²) in [5, 5.41) is 10.6. The van der Waals surface area contributed by atoms with Crippen LogP contribution in [-0.4, -0.2) is 70.3 Å². The van der Waals surface area contributed by atoms with E-state index in [0.717, 1.165) is 5.69 Å². The lowest BCUT2D eigenvalue weighted by Crippen LogP contribution is -2.54. The van der Waals surface area contributed by atoms with Gasteiger partial charge in [0.15, 0.2) is 0 Å². The summed E-state index contributed by atoms with van der Waals surface area (Å²) in [7, 11) is 0. The standard InChI is InChI=1S/C15H23N5O3/c1-15(2,3)23-14(22)20-9-8-19(13(21)11-20)7-6-16-12-4-5-17-18-10-12/h4-5,10H,6-9,11H2,1-3H3,(H,16,17). The number of nitrogens with zero attached hydrogens (tertiary/aromatic N) is 4. The Morgan fingerprint density at radius 1 is 1.35 bits per heavy atom. The first-order chi connectivity index (χ1) is 10.8. The average Bonchev–Trinajstić information content (AvgIpc) is 2.48. The molecule has 1 fully saturated rings. The van der Waals surface area contributed by atoms with Crippen molar-refractivity contribution in [1.82, 2.24) is 20.0 Å². The zero-order chi connectivity index (χ0) is 16.9. The predicted molar refractivity (Wildman–Crippen MR) is 84.9 cm³/mol. The minimum atomic E-state index is -0.556. The van der Waals surface area contributed by atoms with E-state index in [9.17, 15) is 9.59 Å². The maximum Gasteiger partial charge on any atom is 0.410 e. The van der Waals surface area contributed by atoms with E-state index >= 15 is 0 Å². The highest BCUT2D eigenvalue weighted by molar-refractivity contribution is 5.83. The van der Waals surface area contributed by atoms with Crippen LogP contribution in [0.4, 0.5) is 10.5 Å². The molecule has 0 spiro atoms. The van der Waals surface area contributed by atoms with Crippen molar-refractivity contribution < 1.29 is 14.3 Å². The molecule has 0 bridgehead atoms.